The molecule has 0 spiro atoms. The van der Waals surface area contributed by atoms with Crippen LogP contribution in [0.15, 0.2) is 30.3 Å². The predicted molar refractivity (Wildman–Crippen MR) is 73.6 cm³/mol. The zero-order valence-corrected chi connectivity index (χ0v) is 11.7. The van der Waals surface area contributed by atoms with Gasteiger partial charge in [-0.05, 0) is 44.1 Å². The van der Waals surface area contributed by atoms with Crippen LogP contribution >= 0.6 is 0 Å². The number of halogens is 2. The maximum atomic E-state index is 13.2. The van der Waals surface area contributed by atoms with E-state index in [4.69, 9.17) is 5.11 Å². The third-order valence-electron chi connectivity index (χ3n) is 5.77. The van der Waals surface area contributed by atoms with E-state index in [2.05, 4.69) is 12.1 Å². The smallest absolute Gasteiger partial charge is 0.309 e. The summed E-state index contributed by atoms with van der Waals surface area (Å²) >= 11 is 0. The lowest BCUT2D eigenvalue weighted by Crippen LogP contribution is -2.67. The Balaban J connectivity index is 0.000000115. The fourth-order valence-corrected chi connectivity index (χ4v) is 4.65. The first-order chi connectivity index (χ1) is 9.79. The molecular weight excluding hydrogens is 274 g/mol. The molecule has 4 bridgehead atoms. The Bertz CT molecular complexity index is 571. The number of hydrogen-bond donors (Lipinski definition) is 1. The van der Waals surface area contributed by atoms with Gasteiger partial charge in [-0.15, -0.1) is 0 Å². The maximum Gasteiger partial charge on any atom is 0.309 e. The number of benzene rings is 1. The van der Waals surface area contributed by atoms with Crippen molar-refractivity contribution in [1.29, 1.82) is 0 Å². The largest absolute Gasteiger partial charge is 0.481 e. The third kappa shape index (κ3) is 1.71. The molecule has 0 amide bonds. The normalized spacial score (nSPS) is 47.5. The first kappa shape index (κ1) is 13.2. The standard InChI is InChI=1S/C11H11F.C6H7FO2/c12-11-6-10(7-11,8-11)9-4-2-1-3-5-9;7-6-1-5(2-6,3-6)4(8)9/h1-5H,6-8H2;1-3H2,(H,8,9). The van der Waals surface area contributed by atoms with Crippen molar-refractivity contribution < 1.29 is 18.7 Å². The second kappa shape index (κ2) is 3.65. The van der Waals surface area contributed by atoms with Crippen LogP contribution in [0.5, 0.6) is 0 Å². The molecule has 7 rings (SSSR count). The van der Waals surface area contributed by atoms with Gasteiger partial charge in [0, 0.05) is 5.41 Å². The van der Waals surface area contributed by atoms with Crippen molar-refractivity contribution in [2.75, 3.05) is 0 Å². The Morgan fingerprint density at radius 1 is 0.905 bits per heavy atom. The van der Waals surface area contributed by atoms with E-state index in [-0.39, 0.29) is 24.7 Å². The van der Waals surface area contributed by atoms with Crippen molar-refractivity contribution in [3.63, 3.8) is 0 Å². The zero-order valence-electron chi connectivity index (χ0n) is 11.7. The second-order valence-corrected chi connectivity index (χ2v) is 7.59. The Morgan fingerprint density at radius 2 is 1.38 bits per heavy atom. The lowest BCUT2D eigenvalue weighted by atomic mass is 9.40. The van der Waals surface area contributed by atoms with Gasteiger partial charge in [-0.3, -0.25) is 4.79 Å². The molecule has 0 aliphatic heterocycles. The van der Waals surface area contributed by atoms with Crippen molar-refractivity contribution in [3.05, 3.63) is 35.9 Å². The lowest BCUT2D eigenvalue weighted by molar-refractivity contribution is -0.227. The Hall–Kier alpha value is -1.45. The summed E-state index contributed by atoms with van der Waals surface area (Å²) in [6, 6.07) is 10.3. The second-order valence-electron chi connectivity index (χ2n) is 7.59. The summed E-state index contributed by atoms with van der Waals surface area (Å²) in [6.07, 6.45) is 3.08. The predicted octanol–water partition coefficient (Wildman–Crippen LogP) is 3.79. The first-order valence-electron chi connectivity index (χ1n) is 7.46. The summed E-state index contributed by atoms with van der Waals surface area (Å²) in [5.74, 6) is -0.818. The number of aliphatic carboxylic acids is 1. The van der Waals surface area contributed by atoms with Crippen LogP contribution in [0, 0.1) is 5.41 Å². The summed E-state index contributed by atoms with van der Waals surface area (Å²) in [6.45, 7) is 0. The van der Waals surface area contributed by atoms with Crippen molar-refractivity contribution in [1.82, 2.24) is 0 Å². The van der Waals surface area contributed by atoms with E-state index in [1.807, 2.05) is 18.2 Å². The molecular formula is C17H18F2O2. The van der Waals surface area contributed by atoms with Crippen LogP contribution in [-0.2, 0) is 10.2 Å². The minimum absolute atomic E-state index is 0.246. The Kier molecular flexibility index (Phi) is 2.30. The van der Waals surface area contributed by atoms with Gasteiger partial charge < -0.3 is 5.11 Å². The van der Waals surface area contributed by atoms with Gasteiger partial charge in [-0.2, -0.15) is 0 Å². The fraction of sp³-hybridized carbons (Fsp3) is 0.588. The maximum absolute atomic E-state index is 13.2. The van der Waals surface area contributed by atoms with Crippen LogP contribution < -0.4 is 0 Å². The highest BCUT2D eigenvalue weighted by Gasteiger charge is 2.73. The van der Waals surface area contributed by atoms with E-state index in [0.29, 0.717) is 0 Å². The van der Waals surface area contributed by atoms with Crippen LogP contribution in [0.2, 0.25) is 0 Å². The van der Waals surface area contributed by atoms with Gasteiger partial charge in [0.25, 0.3) is 0 Å². The highest BCUT2D eigenvalue weighted by molar-refractivity contribution is 5.79. The van der Waals surface area contributed by atoms with E-state index < -0.39 is 22.7 Å². The number of carboxylic acid groups (broad SMARTS) is 1. The molecule has 1 aromatic carbocycles. The summed E-state index contributed by atoms with van der Waals surface area (Å²) in [5, 5.41) is 8.48. The minimum atomic E-state index is -1.07. The average Bonchev–Trinajstić information content (AvgIpc) is 2.30. The van der Waals surface area contributed by atoms with Crippen LogP contribution in [0.3, 0.4) is 0 Å². The first-order valence-corrected chi connectivity index (χ1v) is 7.46. The highest BCUT2D eigenvalue weighted by Crippen LogP contribution is 2.70. The topological polar surface area (TPSA) is 37.3 Å². The number of hydrogen-bond acceptors (Lipinski definition) is 1. The van der Waals surface area contributed by atoms with Gasteiger partial charge in [0.2, 0.25) is 0 Å². The molecule has 6 fully saturated rings. The van der Waals surface area contributed by atoms with Crippen molar-refractivity contribution in [2.45, 2.75) is 55.3 Å². The Labute approximate surface area is 122 Å². The monoisotopic (exact) mass is 292 g/mol. The third-order valence-corrected chi connectivity index (χ3v) is 5.77. The Morgan fingerprint density at radius 3 is 1.71 bits per heavy atom. The molecule has 6 saturated carbocycles. The molecule has 0 atom stereocenters. The molecule has 6 aliphatic carbocycles. The zero-order chi connectivity index (χ0) is 14.9. The van der Waals surface area contributed by atoms with E-state index in [9.17, 15) is 13.6 Å². The summed E-state index contributed by atoms with van der Waals surface area (Å²) in [5.41, 5.74) is -0.886. The quantitative estimate of drug-likeness (QED) is 0.900. The van der Waals surface area contributed by atoms with Crippen molar-refractivity contribution >= 4 is 5.97 Å². The van der Waals surface area contributed by atoms with Gasteiger partial charge in [-0.25, -0.2) is 8.78 Å². The van der Waals surface area contributed by atoms with Crippen LogP contribution in [-0.4, -0.2) is 22.4 Å². The van der Waals surface area contributed by atoms with Gasteiger partial charge in [0.1, 0.15) is 11.3 Å². The number of carboxylic acids is 1. The molecule has 21 heavy (non-hydrogen) atoms. The average molecular weight is 292 g/mol. The van der Waals surface area contributed by atoms with E-state index in [1.165, 1.54) is 5.56 Å². The van der Waals surface area contributed by atoms with Crippen molar-refractivity contribution in [3.8, 4) is 0 Å². The van der Waals surface area contributed by atoms with Gasteiger partial charge in [0.05, 0.1) is 5.41 Å². The molecule has 0 unspecified atom stereocenters. The number of rotatable bonds is 2. The van der Waals surface area contributed by atoms with Crippen molar-refractivity contribution in [2.24, 2.45) is 5.41 Å². The lowest BCUT2D eigenvalue weighted by Gasteiger charge is -2.66. The molecule has 112 valence electrons. The molecule has 2 nitrogen and oxygen atoms in total. The molecule has 0 saturated heterocycles. The molecule has 6 aliphatic rings. The number of carbonyl (C=O) groups is 1. The number of alkyl halides is 2. The SMILES string of the molecule is FC12CC(c3ccccc3)(C1)C2.O=C(O)C12CC(F)(C1)C2. The summed E-state index contributed by atoms with van der Waals surface area (Å²) < 4.78 is 25.8. The fourth-order valence-electron chi connectivity index (χ4n) is 4.65. The molecule has 1 aromatic rings. The van der Waals surface area contributed by atoms with Crippen LogP contribution in [0.1, 0.15) is 44.1 Å². The van der Waals surface area contributed by atoms with Gasteiger partial charge in [-0.1, -0.05) is 30.3 Å². The van der Waals surface area contributed by atoms with Crippen LogP contribution in [0.4, 0.5) is 8.78 Å². The van der Waals surface area contributed by atoms with Crippen LogP contribution in [0.25, 0.3) is 0 Å². The summed E-state index contributed by atoms with van der Waals surface area (Å²) in [7, 11) is 0. The van der Waals surface area contributed by atoms with E-state index in [1.54, 1.807) is 0 Å². The van der Waals surface area contributed by atoms with Gasteiger partial charge >= 0.3 is 5.97 Å². The molecule has 0 heterocycles. The molecule has 4 heteroatoms. The summed E-state index contributed by atoms with van der Waals surface area (Å²) in [4.78, 5) is 10.3. The van der Waals surface area contributed by atoms with Gasteiger partial charge in [0.15, 0.2) is 0 Å². The molecule has 0 radical (unpaired) electrons. The van der Waals surface area contributed by atoms with E-state index >= 15 is 0 Å². The highest BCUT2D eigenvalue weighted by atomic mass is 19.1. The van der Waals surface area contributed by atoms with E-state index in [0.717, 1.165) is 19.3 Å². The molecule has 1 N–H and O–H groups in total. The molecule has 0 aromatic heterocycles. The minimum Gasteiger partial charge on any atom is -0.481 e.